The SMILES string of the molecule is CC(C)n1ncnc1CC(CBr)c1ccc(Cl)cc1. The zero-order valence-electron chi connectivity index (χ0n) is 11.1. The summed E-state index contributed by atoms with van der Waals surface area (Å²) < 4.78 is 1.98. The van der Waals surface area contributed by atoms with Gasteiger partial charge in [0.25, 0.3) is 0 Å². The summed E-state index contributed by atoms with van der Waals surface area (Å²) in [5, 5.41) is 5.93. The fourth-order valence-electron chi connectivity index (χ4n) is 2.07. The third-order valence-electron chi connectivity index (χ3n) is 3.09. The van der Waals surface area contributed by atoms with Crippen molar-refractivity contribution in [2.45, 2.75) is 32.2 Å². The van der Waals surface area contributed by atoms with Gasteiger partial charge in [0.15, 0.2) is 0 Å². The Morgan fingerprint density at radius 2 is 1.95 bits per heavy atom. The van der Waals surface area contributed by atoms with Crippen LogP contribution in [0.15, 0.2) is 30.6 Å². The van der Waals surface area contributed by atoms with E-state index in [0.29, 0.717) is 12.0 Å². The summed E-state index contributed by atoms with van der Waals surface area (Å²) in [6, 6.07) is 8.34. The fourth-order valence-corrected chi connectivity index (χ4v) is 2.80. The van der Waals surface area contributed by atoms with E-state index in [1.54, 1.807) is 6.33 Å². The predicted octanol–water partition coefficient (Wildman–Crippen LogP) is 4.23. The molecule has 0 N–H and O–H groups in total. The van der Waals surface area contributed by atoms with Crippen molar-refractivity contribution in [1.29, 1.82) is 0 Å². The average molecular weight is 343 g/mol. The molecule has 1 aromatic heterocycles. The molecular formula is C14H17BrClN3. The minimum atomic E-state index is 0.332. The third-order valence-corrected chi connectivity index (χ3v) is 4.13. The van der Waals surface area contributed by atoms with Crippen LogP contribution in [0.4, 0.5) is 0 Å². The molecule has 0 radical (unpaired) electrons. The van der Waals surface area contributed by atoms with Crippen LogP contribution in [0.25, 0.3) is 0 Å². The van der Waals surface area contributed by atoms with Gasteiger partial charge in [0.05, 0.1) is 0 Å². The van der Waals surface area contributed by atoms with E-state index in [0.717, 1.165) is 22.6 Å². The lowest BCUT2D eigenvalue weighted by atomic mass is 9.97. The Morgan fingerprint density at radius 1 is 1.26 bits per heavy atom. The van der Waals surface area contributed by atoms with Gasteiger partial charge in [-0.25, -0.2) is 9.67 Å². The van der Waals surface area contributed by atoms with E-state index < -0.39 is 0 Å². The van der Waals surface area contributed by atoms with Crippen molar-refractivity contribution in [2.75, 3.05) is 5.33 Å². The van der Waals surface area contributed by atoms with Crippen LogP contribution in [0.3, 0.4) is 0 Å². The smallest absolute Gasteiger partial charge is 0.138 e. The Balaban J connectivity index is 2.19. The Kier molecular flexibility index (Phi) is 4.99. The molecule has 0 saturated carbocycles. The van der Waals surface area contributed by atoms with Gasteiger partial charge < -0.3 is 0 Å². The molecule has 0 amide bonds. The molecule has 1 aromatic carbocycles. The topological polar surface area (TPSA) is 30.7 Å². The molecule has 0 aliphatic rings. The normalized spacial score (nSPS) is 12.9. The number of hydrogen-bond donors (Lipinski definition) is 0. The standard InChI is InChI=1S/C14H17BrClN3/c1-10(2)19-14(17-9-18-19)7-12(8-15)11-3-5-13(16)6-4-11/h3-6,9-10,12H,7-8H2,1-2H3. The lowest BCUT2D eigenvalue weighted by molar-refractivity contribution is 0.497. The fraction of sp³-hybridized carbons (Fsp3) is 0.429. The highest BCUT2D eigenvalue weighted by Gasteiger charge is 2.16. The molecule has 5 heteroatoms. The first-order chi connectivity index (χ1) is 9.11. The first kappa shape index (κ1) is 14.5. The van der Waals surface area contributed by atoms with Gasteiger partial charge in [-0.05, 0) is 31.5 Å². The molecule has 0 spiro atoms. The Labute approximate surface area is 127 Å². The maximum Gasteiger partial charge on any atom is 0.138 e. The molecule has 0 fully saturated rings. The lowest BCUT2D eigenvalue weighted by Gasteiger charge is -2.16. The quantitative estimate of drug-likeness (QED) is 0.761. The van der Waals surface area contributed by atoms with Crippen molar-refractivity contribution in [1.82, 2.24) is 14.8 Å². The second-order valence-electron chi connectivity index (χ2n) is 4.82. The van der Waals surface area contributed by atoms with E-state index in [-0.39, 0.29) is 0 Å². The molecule has 2 rings (SSSR count). The summed E-state index contributed by atoms with van der Waals surface area (Å²) in [6.45, 7) is 4.23. The summed E-state index contributed by atoms with van der Waals surface area (Å²) in [6.07, 6.45) is 2.49. The van der Waals surface area contributed by atoms with E-state index >= 15 is 0 Å². The minimum absolute atomic E-state index is 0.332. The largest absolute Gasteiger partial charge is 0.248 e. The molecule has 0 bridgehead atoms. The number of benzene rings is 1. The highest BCUT2D eigenvalue weighted by atomic mass is 79.9. The molecule has 1 atom stereocenters. The molecule has 102 valence electrons. The summed E-state index contributed by atoms with van der Waals surface area (Å²) >= 11 is 9.52. The number of rotatable bonds is 5. The van der Waals surface area contributed by atoms with Crippen LogP contribution < -0.4 is 0 Å². The molecule has 1 unspecified atom stereocenters. The van der Waals surface area contributed by atoms with Crippen LogP contribution in [0.2, 0.25) is 5.02 Å². The van der Waals surface area contributed by atoms with E-state index in [1.165, 1.54) is 5.56 Å². The number of hydrogen-bond acceptors (Lipinski definition) is 2. The molecule has 2 aromatic rings. The molecule has 3 nitrogen and oxygen atoms in total. The van der Waals surface area contributed by atoms with E-state index in [9.17, 15) is 0 Å². The Hall–Kier alpha value is -0.870. The number of halogens is 2. The maximum absolute atomic E-state index is 5.93. The molecule has 0 aliphatic carbocycles. The van der Waals surface area contributed by atoms with Gasteiger partial charge in [-0.2, -0.15) is 5.10 Å². The summed E-state index contributed by atoms with van der Waals surface area (Å²) in [5.74, 6) is 1.40. The second-order valence-corrected chi connectivity index (χ2v) is 5.91. The van der Waals surface area contributed by atoms with Gasteiger partial charge in [-0.3, -0.25) is 0 Å². The van der Waals surface area contributed by atoms with E-state index in [4.69, 9.17) is 11.6 Å². The van der Waals surface area contributed by atoms with Crippen LogP contribution in [-0.2, 0) is 6.42 Å². The lowest BCUT2D eigenvalue weighted by Crippen LogP contribution is -2.13. The second kappa shape index (κ2) is 6.53. The summed E-state index contributed by atoms with van der Waals surface area (Å²) in [7, 11) is 0. The third kappa shape index (κ3) is 3.57. The molecule has 19 heavy (non-hydrogen) atoms. The van der Waals surface area contributed by atoms with Gasteiger partial charge in [-0.15, -0.1) is 0 Å². The van der Waals surface area contributed by atoms with Gasteiger partial charge in [0, 0.05) is 28.7 Å². The zero-order chi connectivity index (χ0) is 13.8. The van der Waals surface area contributed by atoms with E-state index in [1.807, 2.05) is 16.8 Å². The monoisotopic (exact) mass is 341 g/mol. The number of nitrogens with zero attached hydrogens (tertiary/aromatic N) is 3. The van der Waals surface area contributed by atoms with Gasteiger partial charge in [0.2, 0.25) is 0 Å². The number of alkyl halides is 1. The molecular weight excluding hydrogens is 326 g/mol. The van der Waals surface area contributed by atoms with Crippen LogP contribution in [0.5, 0.6) is 0 Å². The van der Waals surface area contributed by atoms with Crippen molar-refractivity contribution in [3.63, 3.8) is 0 Å². The highest BCUT2D eigenvalue weighted by Crippen LogP contribution is 2.24. The average Bonchev–Trinajstić information content (AvgIpc) is 2.85. The van der Waals surface area contributed by atoms with Crippen molar-refractivity contribution in [3.8, 4) is 0 Å². The van der Waals surface area contributed by atoms with Crippen LogP contribution in [0.1, 0.15) is 37.2 Å². The predicted molar refractivity (Wildman–Crippen MR) is 82.1 cm³/mol. The first-order valence-corrected chi connectivity index (χ1v) is 7.81. The van der Waals surface area contributed by atoms with Crippen molar-refractivity contribution in [3.05, 3.63) is 47.0 Å². The van der Waals surface area contributed by atoms with E-state index in [2.05, 4.69) is 52.0 Å². The molecule has 0 aliphatic heterocycles. The summed E-state index contributed by atoms with van der Waals surface area (Å²) in [5.41, 5.74) is 1.26. The Morgan fingerprint density at radius 3 is 2.53 bits per heavy atom. The molecule has 0 saturated heterocycles. The minimum Gasteiger partial charge on any atom is -0.248 e. The van der Waals surface area contributed by atoms with Crippen LogP contribution in [0, 0.1) is 0 Å². The van der Waals surface area contributed by atoms with Crippen molar-refractivity contribution >= 4 is 27.5 Å². The van der Waals surface area contributed by atoms with Gasteiger partial charge >= 0.3 is 0 Å². The number of aromatic nitrogens is 3. The van der Waals surface area contributed by atoms with Gasteiger partial charge in [0.1, 0.15) is 12.2 Å². The Bertz CT molecular complexity index is 522. The van der Waals surface area contributed by atoms with Crippen LogP contribution >= 0.6 is 27.5 Å². The van der Waals surface area contributed by atoms with Crippen LogP contribution in [-0.4, -0.2) is 20.1 Å². The maximum atomic E-state index is 5.93. The molecule has 1 heterocycles. The van der Waals surface area contributed by atoms with Crippen molar-refractivity contribution < 1.29 is 0 Å². The first-order valence-electron chi connectivity index (χ1n) is 6.31. The van der Waals surface area contributed by atoms with Crippen molar-refractivity contribution in [2.24, 2.45) is 0 Å². The zero-order valence-corrected chi connectivity index (χ0v) is 13.4. The summed E-state index contributed by atoms with van der Waals surface area (Å²) in [4.78, 5) is 4.37. The van der Waals surface area contributed by atoms with Gasteiger partial charge in [-0.1, -0.05) is 39.7 Å². The highest BCUT2D eigenvalue weighted by molar-refractivity contribution is 9.09.